The molecule has 0 unspecified atom stereocenters. The Labute approximate surface area is 104 Å². The first-order valence-electron chi connectivity index (χ1n) is 6.65. The normalized spacial score (nSPS) is 10.2. The molecule has 2 heteroatoms. The van der Waals surface area contributed by atoms with Crippen molar-refractivity contribution in [3.05, 3.63) is 35.4 Å². The minimum absolute atomic E-state index is 0.0526. The van der Waals surface area contributed by atoms with Gasteiger partial charge in [0, 0.05) is 12.1 Å². The Morgan fingerprint density at radius 2 is 1.94 bits per heavy atom. The van der Waals surface area contributed by atoms with Crippen LogP contribution in [0.5, 0.6) is 0 Å². The molecule has 0 aromatic heterocycles. The number of aryl methyl sites for hydroxylation is 1. The van der Waals surface area contributed by atoms with E-state index in [1.165, 1.54) is 18.4 Å². The van der Waals surface area contributed by atoms with E-state index in [2.05, 4.69) is 25.2 Å². The van der Waals surface area contributed by atoms with Gasteiger partial charge < -0.3 is 5.32 Å². The second kappa shape index (κ2) is 7.88. The van der Waals surface area contributed by atoms with Gasteiger partial charge in [-0.15, -0.1) is 0 Å². The lowest BCUT2D eigenvalue weighted by molar-refractivity contribution is 0.0953. The SMILES string of the molecule is CCCCNC(=O)c1cccc(CCCC)c1. The highest BCUT2D eigenvalue weighted by atomic mass is 16.1. The highest BCUT2D eigenvalue weighted by Gasteiger charge is 2.04. The quantitative estimate of drug-likeness (QED) is 0.717. The van der Waals surface area contributed by atoms with Crippen molar-refractivity contribution < 1.29 is 4.79 Å². The summed E-state index contributed by atoms with van der Waals surface area (Å²) in [5.41, 5.74) is 2.05. The predicted molar refractivity (Wildman–Crippen MR) is 72.3 cm³/mol. The summed E-state index contributed by atoms with van der Waals surface area (Å²) in [4.78, 5) is 11.8. The predicted octanol–water partition coefficient (Wildman–Crippen LogP) is 3.56. The van der Waals surface area contributed by atoms with E-state index in [4.69, 9.17) is 0 Å². The largest absolute Gasteiger partial charge is 0.352 e. The van der Waals surface area contributed by atoms with Crippen molar-refractivity contribution in [1.29, 1.82) is 0 Å². The third-order valence-corrected chi connectivity index (χ3v) is 2.82. The minimum Gasteiger partial charge on any atom is -0.352 e. The Hall–Kier alpha value is -1.31. The molecule has 94 valence electrons. The molecule has 0 heterocycles. The van der Waals surface area contributed by atoms with E-state index in [9.17, 15) is 4.79 Å². The summed E-state index contributed by atoms with van der Waals surface area (Å²) in [6.45, 7) is 5.08. The molecule has 0 spiro atoms. The first-order chi connectivity index (χ1) is 8.27. The highest BCUT2D eigenvalue weighted by Crippen LogP contribution is 2.08. The fourth-order valence-electron chi connectivity index (χ4n) is 1.73. The van der Waals surface area contributed by atoms with Crippen LogP contribution in [0.2, 0.25) is 0 Å². The molecular weight excluding hydrogens is 210 g/mol. The van der Waals surface area contributed by atoms with Crippen LogP contribution in [0.4, 0.5) is 0 Å². The number of hydrogen-bond acceptors (Lipinski definition) is 1. The van der Waals surface area contributed by atoms with Gasteiger partial charge in [-0.1, -0.05) is 38.8 Å². The smallest absolute Gasteiger partial charge is 0.251 e. The number of carbonyl (C=O) groups is 1. The first-order valence-corrected chi connectivity index (χ1v) is 6.65. The third kappa shape index (κ3) is 5.03. The number of benzene rings is 1. The van der Waals surface area contributed by atoms with Gasteiger partial charge in [-0.05, 0) is 37.0 Å². The molecule has 0 radical (unpaired) electrons. The van der Waals surface area contributed by atoms with Crippen molar-refractivity contribution >= 4 is 5.91 Å². The summed E-state index contributed by atoms with van der Waals surface area (Å²) < 4.78 is 0. The Bertz CT molecular complexity index is 347. The molecule has 17 heavy (non-hydrogen) atoms. The number of hydrogen-bond donors (Lipinski definition) is 1. The summed E-state index contributed by atoms with van der Waals surface area (Å²) >= 11 is 0. The molecule has 2 nitrogen and oxygen atoms in total. The van der Waals surface area contributed by atoms with Crippen molar-refractivity contribution in [2.75, 3.05) is 6.54 Å². The van der Waals surface area contributed by atoms with Gasteiger partial charge in [-0.2, -0.15) is 0 Å². The minimum atomic E-state index is 0.0526. The van der Waals surface area contributed by atoms with Gasteiger partial charge in [0.25, 0.3) is 5.91 Å². The lowest BCUT2D eigenvalue weighted by Crippen LogP contribution is -2.24. The monoisotopic (exact) mass is 233 g/mol. The molecule has 0 atom stereocenters. The Morgan fingerprint density at radius 3 is 2.65 bits per heavy atom. The molecule has 1 rings (SSSR count). The van der Waals surface area contributed by atoms with Gasteiger partial charge in [0.1, 0.15) is 0 Å². The van der Waals surface area contributed by atoms with Crippen LogP contribution >= 0.6 is 0 Å². The summed E-state index contributed by atoms with van der Waals surface area (Å²) in [6, 6.07) is 7.96. The second-order valence-electron chi connectivity index (χ2n) is 4.41. The van der Waals surface area contributed by atoms with Crippen LogP contribution in [-0.4, -0.2) is 12.5 Å². The molecule has 1 aromatic carbocycles. The van der Waals surface area contributed by atoms with E-state index in [0.717, 1.165) is 31.4 Å². The number of amides is 1. The molecule has 0 saturated carbocycles. The van der Waals surface area contributed by atoms with E-state index in [-0.39, 0.29) is 5.91 Å². The second-order valence-corrected chi connectivity index (χ2v) is 4.41. The lowest BCUT2D eigenvalue weighted by Gasteiger charge is -2.06. The first kappa shape index (κ1) is 13.8. The molecular formula is C15H23NO. The van der Waals surface area contributed by atoms with E-state index in [1.54, 1.807) is 0 Å². The van der Waals surface area contributed by atoms with Crippen molar-refractivity contribution in [3.8, 4) is 0 Å². The summed E-state index contributed by atoms with van der Waals surface area (Å²) in [7, 11) is 0. The maximum Gasteiger partial charge on any atom is 0.251 e. The molecule has 0 saturated heterocycles. The Morgan fingerprint density at radius 1 is 1.18 bits per heavy atom. The van der Waals surface area contributed by atoms with Crippen molar-refractivity contribution in [2.24, 2.45) is 0 Å². The zero-order valence-corrected chi connectivity index (χ0v) is 11.0. The molecule has 1 aromatic rings. The molecule has 0 aliphatic rings. The third-order valence-electron chi connectivity index (χ3n) is 2.82. The van der Waals surface area contributed by atoms with E-state index in [1.807, 2.05) is 18.2 Å². The molecule has 0 fully saturated rings. The molecule has 0 bridgehead atoms. The van der Waals surface area contributed by atoms with E-state index < -0.39 is 0 Å². The van der Waals surface area contributed by atoms with E-state index >= 15 is 0 Å². The number of unbranched alkanes of at least 4 members (excludes halogenated alkanes) is 2. The molecule has 1 amide bonds. The van der Waals surface area contributed by atoms with Crippen LogP contribution in [0.15, 0.2) is 24.3 Å². The Kier molecular flexibility index (Phi) is 6.38. The number of nitrogens with one attached hydrogen (secondary N) is 1. The number of carbonyl (C=O) groups excluding carboxylic acids is 1. The molecule has 1 N–H and O–H groups in total. The summed E-state index contributed by atoms with van der Waals surface area (Å²) in [5.74, 6) is 0.0526. The van der Waals surface area contributed by atoms with Crippen LogP contribution in [-0.2, 0) is 6.42 Å². The van der Waals surface area contributed by atoms with Crippen molar-refractivity contribution in [2.45, 2.75) is 46.0 Å². The summed E-state index contributed by atoms with van der Waals surface area (Å²) in [6.07, 6.45) is 5.58. The lowest BCUT2D eigenvalue weighted by atomic mass is 10.1. The van der Waals surface area contributed by atoms with Gasteiger partial charge in [0.15, 0.2) is 0 Å². The van der Waals surface area contributed by atoms with Crippen LogP contribution < -0.4 is 5.32 Å². The van der Waals surface area contributed by atoms with Gasteiger partial charge in [-0.3, -0.25) is 4.79 Å². The van der Waals surface area contributed by atoms with Crippen LogP contribution in [0.25, 0.3) is 0 Å². The molecule has 0 aliphatic carbocycles. The van der Waals surface area contributed by atoms with Crippen LogP contribution in [0.3, 0.4) is 0 Å². The Balaban J connectivity index is 2.54. The zero-order chi connectivity index (χ0) is 12.5. The van der Waals surface area contributed by atoms with Crippen molar-refractivity contribution in [1.82, 2.24) is 5.32 Å². The highest BCUT2D eigenvalue weighted by molar-refractivity contribution is 5.94. The average molecular weight is 233 g/mol. The number of rotatable bonds is 7. The molecule has 0 aliphatic heterocycles. The maximum absolute atomic E-state index is 11.8. The standard InChI is InChI=1S/C15H23NO/c1-3-5-8-13-9-7-10-14(12-13)15(17)16-11-6-4-2/h7,9-10,12H,3-6,8,11H2,1-2H3,(H,16,17). The zero-order valence-electron chi connectivity index (χ0n) is 11.0. The van der Waals surface area contributed by atoms with Crippen LogP contribution in [0.1, 0.15) is 55.5 Å². The van der Waals surface area contributed by atoms with Gasteiger partial charge in [0.2, 0.25) is 0 Å². The van der Waals surface area contributed by atoms with Gasteiger partial charge in [-0.25, -0.2) is 0 Å². The summed E-state index contributed by atoms with van der Waals surface area (Å²) in [5, 5.41) is 2.94. The fraction of sp³-hybridized carbons (Fsp3) is 0.533. The van der Waals surface area contributed by atoms with Crippen molar-refractivity contribution in [3.63, 3.8) is 0 Å². The fourth-order valence-corrected chi connectivity index (χ4v) is 1.73. The van der Waals surface area contributed by atoms with Gasteiger partial charge in [0.05, 0.1) is 0 Å². The van der Waals surface area contributed by atoms with E-state index in [0.29, 0.717) is 0 Å². The topological polar surface area (TPSA) is 29.1 Å². The van der Waals surface area contributed by atoms with Gasteiger partial charge >= 0.3 is 0 Å². The maximum atomic E-state index is 11.8. The van der Waals surface area contributed by atoms with Crippen LogP contribution in [0, 0.1) is 0 Å². The average Bonchev–Trinajstić information content (AvgIpc) is 2.37.